The first kappa shape index (κ1) is 19.2. The maximum Gasteiger partial charge on any atom is 0.325 e. The van der Waals surface area contributed by atoms with E-state index in [0.29, 0.717) is 18.9 Å². The van der Waals surface area contributed by atoms with Gasteiger partial charge in [0.05, 0.1) is 5.69 Å². The molecule has 1 aliphatic heterocycles. The number of nitrogens with zero attached hydrogens (tertiary/aromatic N) is 1. The molecule has 3 rings (SSSR count). The standard InChI is InChI=1S/C18H20F3N3O3/c19-11-6-7-12(15(21)14(11)20)22-13(25)10-24-16(26)18(23-17(24)27)8-4-2-1-3-5-9-18/h6-7H,1-5,8-10H2,(H,22,25)(H,23,27). The molecule has 0 bridgehead atoms. The number of imide groups is 1. The minimum Gasteiger partial charge on any atom is -0.323 e. The monoisotopic (exact) mass is 383 g/mol. The molecule has 6 nitrogen and oxygen atoms in total. The first-order valence-electron chi connectivity index (χ1n) is 8.91. The number of carbonyl (C=O) groups is 3. The van der Waals surface area contributed by atoms with Gasteiger partial charge < -0.3 is 10.6 Å². The normalized spacial score (nSPS) is 19.6. The lowest BCUT2D eigenvalue weighted by atomic mass is 9.84. The van der Waals surface area contributed by atoms with Crippen molar-refractivity contribution in [2.24, 2.45) is 0 Å². The highest BCUT2D eigenvalue weighted by molar-refractivity contribution is 6.10. The zero-order valence-electron chi connectivity index (χ0n) is 14.6. The highest BCUT2D eigenvalue weighted by Gasteiger charge is 2.50. The molecule has 4 amide bonds. The van der Waals surface area contributed by atoms with Crippen molar-refractivity contribution in [2.75, 3.05) is 11.9 Å². The molecule has 1 heterocycles. The van der Waals surface area contributed by atoms with Crippen molar-refractivity contribution in [1.29, 1.82) is 0 Å². The van der Waals surface area contributed by atoms with Crippen LogP contribution in [0.1, 0.15) is 44.9 Å². The third kappa shape index (κ3) is 3.77. The summed E-state index contributed by atoms with van der Waals surface area (Å²) in [6.45, 7) is -0.634. The van der Waals surface area contributed by atoms with E-state index in [0.717, 1.165) is 43.1 Å². The molecule has 2 fully saturated rings. The Labute approximate surface area is 154 Å². The largest absolute Gasteiger partial charge is 0.325 e. The minimum absolute atomic E-state index is 0.477. The van der Waals surface area contributed by atoms with Crippen LogP contribution in [0.5, 0.6) is 0 Å². The van der Waals surface area contributed by atoms with Crippen LogP contribution < -0.4 is 10.6 Å². The lowest BCUT2D eigenvalue weighted by molar-refractivity contribution is -0.134. The number of nitrogens with one attached hydrogen (secondary N) is 2. The third-order valence-corrected chi connectivity index (χ3v) is 5.06. The van der Waals surface area contributed by atoms with Crippen LogP contribution in [0, 0.1) is 17.5 Å². The van der Waals surface area contributed by atoms with E-state index in [1.165, 1.54) is 0 Å². The smallest absolute Gasteiger partial charge is 0.323 e. The molecule has 9 heteroatoms. The number of benzene rings is 1. The van der Waals surface area contributed by atoms with E-state index >= 15 is 0 Å². The van der Waals surface area contributed by atoms with Gasteiger partial charge in [0.1, 0.15) is 12.1 Å². The first-order chi connectivity index (χ1) is 12.8. The summed E-state index contributed by atoms with van der Waals surface area (Å²) in [7, 11) is 0. The van der Waals surface area contributed by atoms with Crippen LogP contribution >= 0.6 is 0 Å². The molecule has 1 aliphatic carbocycles. The van der Waals surface area contributed by atoms with Crippen LogP contribution in [0.2, 0.25) is 0 Å². The molecule has 1 spiro atoms. The second-order valence-corrected chi connectivity index (χ2v) is 6.94. The highest BCUT2D eigenvalue weighted by Crippen LogP contribution is 2.32. The molecule has 0 radical (unpaired) electrons. The fourth-order valence-corrected chi connectivity index (χ4v) is 3.62. The van der Waals surface area contributed by atoms with Crippen LogP contribution in [0.4, 0.5) is 23.7 Å². The van der Waals surface area contributed by atoms with Gasteiger partial charge in [-0.15, -0.1) is 0 Å². The summed E-state index contributed by atoms with van der Waals surface area (Å²) >= 11 is 0. The van der Waals surface area contributed by atoms with Crippen molar-refractivity contribution < 1.29 is 27.6 Å². The first-order valence-corrected chi connectivity index (χ1v) is 8.91. The topological polar surface area (TPSA) is 78.5 Å². The summed E-state index contributed by atoms with van der Waals surface area (Å²) in [5.41, 5.74) is -1.56. The van der Waals surface area contributed by atoms with Crippen LogP contribution in [0.15, 0.2) is 12.1 Å². The van der Waals surface area contributed by atoms with Crippen molar-refractivity contribution in [3.63, 3.8) is 0 Å². The van der Waals surface area contributed by atoms with Crippen molar-refractivity contribution in [3.8, 4) is 0 Å². The summed E-state index contributed by atoms with van der Waals surface area (Å²) in [6.07, 6.45) is 5.64. The Bertz CT molecular complexity index is 777. The van der Waals surface area contributed by atoms with Crippen LogP contribution in [-0.4, -0.2) is 34.8 Å². The molecular weight excluding hydrogens is 363 g/mol. The number of amides is 4. The number of hydrogen-bond donors (Lipinski definition) is 2. The number of anilines is 1. The zero-order valence-corrected chi connectivity index (χ0v) is 14.6. The molecule has 1 saturated carbocycles. The van der Waals surface area contributed by atoms with E-state index in [-0.39, 0.29) is 0 Å². The lowest BCUT2D eigenvalue weighted by Crippen LogP contribution is -2.47. The number of carbonyl (C=O) groups excluding carboxylic acids is 3. The van der Waals surface area contributed by atoms with Gasteiger partial charge in [-0.25, -0.2) is 18.0 Å². The Balaban J connectivity index is 1.70. The lowest BCUT2D eigenvalue weighted by Gasteiger charge is -2.28. The van der Waals surface area contributed by atoms with E-state index < -0.39 is 53.1 Å². The third-order valence-electron chi connectivity index (χ3n) is 5.06. The molecule has 0 atom stereocenters. The molecule has 2 aliphatic rings. The summed E-state index contributed by atoms with van der Waals surface area (Å²) in [4.78, 5) is 38.0. The average Bonchev–Trinajstić information content (AvgIpc) is 2.84. The van der Waals surface area contributed by atoms with Gasteiger partial charge >= 0.3 is 6.03 Å². The van der Waals surface area contributed by atoms with Gasteiger partial charge in [0.2, 0.25) is 5.91 Å². The molecule has 1 saturated heterocycles. The van der Waals surface area contributed by atoms with Gasteiger partial charge in [-0.1, -0.05) is 32.1 Å². The van der Waals surface area contributed by atoms with Crippen molar-refractivity contribution in [2.45, 2.75) is 50.5 Å². The molecule has 1 aromatic rings. The van der Waals surface area contributed by atoms with Crippen molar-refractivity contribution >= 4 is 23.5 Å². The van der Waals surface area contributed by atoms with Crippen LogP contribution in [0.25, 0.3) is 0 Å². The number of rotatable bonds is 3. The van der Waals surface area contributed by atoms with Gasteiger partial charge in [0, 0.05) is 0 Å². The summed E-state index contributed by atoms with van der Waals surface area (Å²) in [5.74, 6) is -6.00. The van der Waals surface area contributed by atoms with E-state index in [4.69, 9.17) is 0 Å². The van der Waals surface area contributed by atoms with Crippen molar-refractivity contribution in [1.82, 2.24) is 10.2 Å². The Kier molecular flexibility index (Phi) is 5.38. The summed E-state index contributed by atoms with van der Waals surface area (Å²) in [6, 6.07) is 0.862. The molecule has 0 aromatic heterocycles. The second-order valence-electron chi connectivity index (χ2n) is 6.94. The van der Waals surface area contributed by atoms with E-state index in [2.05, 4.69) is 10.6 Å². The fourth-order valence-electron chi connectivity index (χ4n) is 3.62. The molecule has 27 heavy (non-hydrogen) atoms. The number of hydrogen-bond acceptors (Lipinski definition) is 3. The zero-order chi connectivity index (χ0) is 19.6. The summed E-state index contributed by atoms with van der Waals surface area (Å²) < 4.78 is 39.9. The van der Waals surface area contributed by atoms with E-state index in [9.17, 15) is 27.6 Å². The number of urea groups is 1. The van der Waals surface area contributed by atoms with Gasteiger partial charge in [-0.2, -0.15) is 0 Å². The second kappa shape index (κ2) is 7.58. The highest BCUT2D eigenvalue weighted by atomic mass is 19.2. The van der Waals surface area contributed by atoms with Crippen LogP contribution in [0.3, 0.4) is 0 Å². The Morgan fingerprint density at radius 3 is 2.33 bits per heavy atom. The molecule has 0 unspecified atom stereocenters. The van der Waals surface area contributed by atoms with Gasteiger partial charge in [0.25, 0.3) is 5.91 Å². The average molecular weight is 383 g/mol. The SMILES string of the molecule is O=C(CN1C(=O)NC2(CCCCCCC2)C1=O)Nc1ccc(F)c(F)c1F. The van der Waals surface area contributed by atoms with E-state index in [1.807, 2.05) is 0 Å². The maximum absolute atomic E-state index is 13.7. The van der Waals surface area contributed by atoms with Gasteiger partial charge in [-0.3, -0.25) is 14.5 Å². The van der Waals surface area contributed by atoms with Gasteiger partial charge in [-0.05, 0) is 25.0 Å². The van der Waals surface area contributed by atoms with Gasteiger partial charge in [0.15, 0.2) is 17.5 Å². The van der Waals surface area contributed by atoms with Crippen molar-refractivity contribution in [3.05, 3.63) is 29.6 Å². The van der Waals surface area contributed by atoms with E-state index in [1.54, 1.807) is 0 Å². The predicted octanol–water partition coefficient (Wildman–Crippen LogP) is 3.08. The molecule has 2 N–H and O–H groups in total. The molecule has 146 valence electrons. The maximum atomic E-state index is 13.7. The Morgan fingerprint density at radius 1 is 1.04 bits per heavy atom. The quantitative estimate of drug-likeness (QED) is 0.622. The number of halogens is 3. The predicted molar refractivity (Wildman–Crippen MR) is 90.2 cm³/mol. The molecular formula is C18H20F3N3O3. The minimum atomic E-state index is -1.71. The summed E-state index contributed by atoms with van der Waals surface area (Å²) in [5, 5.41) is 4.77. The molecule has 1 aromatic carbocycles. The van der Waals surface area contributed by atoms with Crippen LogP contribution in [-0.2, 0) is 9.59 Å². The Hall–Kier alpha value is -2.58. The Morgan fingerprint density at radius 2 is 1.67 bits per heavy atom. The fraction of sp³-hybridized carbons (Fsp3) is 0.500.